The van der Waals surface area contributed by atoms with Crippen molar-refractivity contribution < 1.29 is 28.2 Å². The lowest BCUT2D eigenvalue weighted by molar-refractivity contribution is -0.124. The zero-order chi connectivity index (χ0) is 15.3. The maximum absolute atomic E-state index is 11.4. The number of aliphatic hydroxyl groups excluding tert-OH is 2. The number of aliphatic hydroxyl groups is 2. The summed E-state index contributed by atoms with van der Waals surface area (Å²) in [4.78, 5) is 11.4. The van der Waals surface area contributed by atoms with E-state index in [1.165, 1.54) is 0 Å². The molecule has 9 heteroatoms. The molecule has 0 aliphatic carbocycles. The fraction of sp³-hybridized carbons (Fsp3) is 0.727. The van der Waals surface area contributed by atoms with E-state index in [9.17, 15) is 23.4 Å². The van der Waals surface area contributed by atoms with Gasteiger partial charge in [-0.05, 0) is 0 Å². The summed E-state index contributed by atoms with van der Waals surface area (Å²) in [7, 11) is -3.43. The minimum Gasteiger partial charge on any atom is -0.388 e. The van der Waals surface area contributed by atoms with Crippen molar-refractivity contribution in [3.63, 3.8) is 0 Å². The van der Waals surface area contributed by atoms with E-state index in [0.29, 0.717) is 0 Å². The van der Waals surface area contributed by atoms with Gasteiger partial charge in [0.25, 0.3) is 0 Å². The van der Waals surface area contributed by atoms with E-state index < -0.39 is 40.3 Å². The van der Waals surface area contributed by atoms with Crippen LogP contribution in [-0.2, 0) is 19.6 Å². The summed E-state index contributed by atoms with van der Waals surface area (Å²) < 4.78 is 29.4. The first kappa shape index (κ1) is 16.9. The molecule has 20 heavy (non-hydrogen) atoms. The maximum Gasteiger partial charge on any atom is 0.223 e. The van der Waals surface area contributed by atoms with Crippen LogP contribution in [0, 0.1) is 12.3 Å². The SMILES string of the molecule is C#CCNC(=O)CC1OC(CNS(C)(=O)=O)C(O)C1O. The highest BCUT2D eigenvalue weighted by Crippen LogP contribution is 2.23. The Labute approximate surface area is 117 Å². The van der Waals surface area contributed by atoms with Gasteiger partial charge in [0.05, 0.1) is 25.3 Å². The second kappa shape index (κ2) is 7.01. The van der Waals surface area contributed by atoms with Crippen molar-refractivity contribution in [3.05, 3.63) is 0 Å². The zero-order valence-corrected chi connectivity index (χ0v) is 11.8. The third kappa shape index (κ3) is 5.07. The number of ether oxygens (including phenoxy) is 1. The van der Waals surface area contributed by atoms with Gasteiger partial charge in [0, 0.05) is 6.54 Å². The number of hydrogen-bond acceptors (Lipinski definition) is 6. The van der Waals surface area contributed by atoms with Crippen LogP contribution < -0.4 is 10.0 Å². The van der Waals surface area contributed by atoms with E-state index in [-0.39, 0.29) is 19.5 Å². The van der Waals surface area contributed by atoms with Crippen LogP contribution >= 0.6 is 0 Å². The molecule has 0 aromatic rings. The Balaban J connectivity index is 2.52. The van der Waals surface area contributed by atoms with Crippen LogP contribution in [0.15, 0.2) is 0 Å². The number of amides is 1. The predicted molar refractivity (Wildman–Crippen MR) is 70.0 cm³/mol. The van der Waals surface area contributed by atoms with E-state index in [4.69, 9.17) is 11.2 Å². The summed E-state index contributed by atoms with van der Waals surface area (Å²) in [6, 6.07) is 0. The summed E-state index contributed by atoms with van der Waals surface area (Å²) in [5.74, 6) is 1.81. The monoisotopic (exact) mass is 306 g/mol. The molecule has 0 aromatic heterocycles. The van der Waals surface area contributed by atoms with Gasteiger partial charge in [-0.15, -0.1) is 6.42 Å². The lowest BCUT2D eigenvalue weighted by Gasteiger charge is -2.14. The van der Waals surface area contributed by atoms with Gasteiger partial charge in [-0.3, -0.25) is 4.79 Å². The van der Waals surface area contributed by atoms with Crippen molar-refractivity contribution in [3.8, 4) is 12.3 Å². The summed E-state index contributed by atoms with van der Waals surface area (Å²) in [5, 5.41) is 21.9. The number of carbonyl (C=O) groups is 1. The van der Waals surface area contributed by atoms with Gasteiger partial charge in [-0.1, -0.05) is 5.92 Å². The van der Waals surface area contributed by atoms with Gasteiger partial charge in [0.1, 0.15) is 18.3 Å². The van der Waals surface area contributed by atoms with Crippen LogP contribution in [0.2, 0.25) is 0 Å². The lowest BCUT2D eigenvalue weighted by Crippen LogP contribution is -2.39. The van der Waals surface area contributed by atoms with Gasteiger partial charge in [-0.25, -0.2) is 13.1 Å². The largest absolute Gasteiger partial charge is 0.388 e. The lowest BCUT2D eigenvalue weighted by atomic mass is 10.1. The molecule has 1 heterocycles. The molecule has 1 aliphatic heterocycles. The highest BCUT2D eigenvalue weighted by Gasteiger charge is 2.43. The number of nitrogens with one attached hydrogen (secondary N) is 2. The third-order valence-corrected chi connectivity index (χ3v) is 3.47. The van der Waals surface area contributed by atoms with Crippen LogP contribution in [0.1, 0.15) is 6.42 Å². The number of rotatable bonds is 6. The Morgan fingerprint density at radius 2 is 1.95 bits per heavy atom. The quantitative estimate of drug-likeness (QED) is 0.392. The van der Waals surface area contributed by atoms with E-state index in [0.717, 1.165) is 6.26 Å². The second-order valence-corrected chi connectivity index (χ2v) is 6.33. The van der Waals surface area contributed by atoms with Gasteiger partial charge < -0.3 is 20.3 Å². The average Bonchev–Trinajstić information content (AvgIpc) is 2.61. The highest BCUT2D eigenvalue weighted by atomic mass is 32.2. The number of hydrogen-bond donors (Lipinski definition) is 4. The van der Waals surface area contributed by atoms with Crippen LogP contribution in [0.4, 0.5) is 0 Å². The molecular weight excluding hydrogens is 288 g/mol. The van der Waals surface area contributed by atoms with Crippen molar-refractivity contribution in [1.29, 1.82) is 0 Å². The van der Waals surface area contributed by atoms with Gasteiger partial charge in [0.2, 0.25) is 15.9 Å². The minimum atomic E-state index is -3.43. The standard InChI is InChI=1S/C11H18N2O6S/c1-3-4-12-9(14)5-7-10(15)11(16)8(19-7)6-13-20(2,17)18/h1,7-8,10-11,13,15-16H,4-6H2,2H3,(H,12,14). The van der Waals surface area contributed by atoms with Gasteiger partial charge in [0.15, 0.2) is 0 Å². The second-order valence-electron chi connectivity index (χ2n) is 4.50. The van der Waals surface area contributed by atoms with E-state index >= 15 is 0 Å². The topological polar surface area (TPSA) is 125 Å². The van der Waals surface area contributed by atoms with Crippen molar-refractivity contribution in [2.24, 2.45) is 0 Å². The molecule has 0 aromatic carbocycles. The van der Waals surface area contributed by atoms with Crippen molar-refractivity contribution in [2.75, 3.05) is 19.3 Å². The number of carbonyl (C=O) groups excluding carboxylic acids is 1. The molecule has 0 spiro atoms. The summed E-state index contributed by atoms with van der Waals surface area (Å²) in [6.45, 7) is -0.122. The van der Waals surface area contributed by atoms with E-state index in [1.807, 2.05) is 0 Å². The first-order chi connectivity index (χ1) is 9.24. The summed E-state index contributed by atoms with van der Waals surface area (Å²) in [5.41, 5.74) is 0. The van der Waals surface area contributed by atoms with Gasteiger partial charge in [-0.2, -0.15) is 0 Å². The molecule has 4 unspecified atom stereocenters. The molecule has 8 nitrogen and oxygen atoms in total. The van der Waals surface area contributed by atoms with Crippen molar-refractivity contribution in [2.45, 2.75) is 30.8 Å². The Hall–Kier alpha value is -1.18. The summed E-state index contributed by atoms with van der Waals surface area (Å²) >= 11 is 0. The normalized spacial score (nSPS) is 29.9. The molecule has 0 saturated carbocycles. The molecule has 1 amide bonds. The first-order valence-electron chi connectivity index (χ1n) is 5.91. The minimum absolute atomic E-state index is 0.0588. The molecule has 114 valence electrons. The number of sulfonamides is 1. The smallest absolute Gasteiger partial charge is 0.223 e. The molecule has 1 aliphatic rings. The highest BCUT2D eigenvalue weighted by molar-refractivity contribution is 7.88. The fourth-order valence-corrected chi connectivity index (χ4v) is 2.27. The maximum atomic E-state index is 11.4. The van der Waals surface area contributed by atoms with Crippen LogP contribution in [-0.4, -0.2) is 68.3 Å². The van der Waals surface area contributed by atoms with Crippen LogP contribution in [0.25, 0.3) is 0 Å². The molecule has 1 rings (SSSR count). The molecule has 4 N–H and O–H groups in total. The van der Waals surface area contributed by atoms with Crippen molar-refractivity contribution >= 4 is 15.9 Å². The third-order valence-electron chi connectivity index (χ3n) is 2.78. The molecule has 1 fully saturated rings. The molecule has 1 saturated heterocycles. The summed E-state index contributed by atoms with van der Waals surface area (Å²) in [6.07, 6.45) is 1.43. The average molecular weight is 306 g/mol. The Bertz CT molecular complexity index is 486. The van der Waals surface area contributed by atoms with E-state index in [1.54, 1.807) is 0 Å². The first-order valence-corrected chi connectivity index (χ1v) is 7.80. The van der Waals surface area contributed by atoms with E-state index in [2.05, 4.69) is 16.0 Å². The van der Waals surface area contributed by atoms with Crippen LogP contribution in [0.5, 0.6) is 0 Å². The Kier molecular flexibility index (Phi) is 5.91. The number of terminal acetylenes is 1. The zero-order valence-electron chi connectivity index (χ0n) is 10.9. The molecule has 0 bridgehead atoms. The Morgan fingerprint density at radius 1 is 1.35 bits per heavy atom. The fourth-order valence-electron chi connectivity index (χ4n) is 1.80. The molecule has 0 radical (unpaired) electrons. The van der Waals surface area contributed by atoms with Crippen molar-refractivity contribution in [1.82, 2.24) is 10.0 Å². The van der Waals surface area contributed by atoms with Gasteiger partial charge >= 0.3 is 0 Å². The molecular formula is C11H18N2O6S. The molecule has 4 atom stereocenters. The van der Waals surface area contributed by atoms with Crippen LogP contribution in [0.3, 0.4) is 0 Å². The Morgan fingerprint density at radius 3 is 2.50 bits per heavy atom. The predicted octanol–water partition coefficient (Wildman–Crippen LogP) is -2.84.